The predicted molar refractivity (Wildman–Crippen MR) is 87.1 cm³/mol. The minimum Gasteiger partial charge on any atom is -0.381 e. The SMILES string of the molecule is Cc1cc([C@@H](C)N)c2nc(C3CCOCC3)n(C)c(=O)c2c1F. The van der Waals surface area contributed by atoms with Gasteiger partial charge in [0.05, 0.1) is 5.52 Å². The van der Waals surface area contributed by atoms with Gasteiger partial charge in [0.25, 0.3) is 5.56 Å². The average Bonchev–Trinajstić information content (AvgIpc) is 2.54. The maximum absolute atomic E-state index is 14.5. The molecule has 0 spiro atoms. The maximum atomic E-state index is 14.5. The molecule has 1 atom stereocenters. The van der Waals surface area contributed by atoms with Gasteiger partial charge in [-0.05, 0) is 43.9 Å². The van der Waals surface area contributed by atoms with Gasteiger partial charge in [-0.25, -0.2) is 9.37 Å². The van der Waals surface area contributed by atoms with Crippen LogP contribution in [0.25, 0.3) is 10.9 Å². The lowest BCUT2D eigenvalue weighted by molar-refractivity contribution is 0.0828. The molecule has 3 rings (SSSR count). The van der Waals surface area contributed by atoms with Gasteiger partial charge < -0.3 is 10.5 Å². The Kier molecular flexibility index (Phi) is 4.21. The number of nitrogens with zero attached hydrogens (tertiary/aromatic N) is 2. The first-order chi connectivity index (χ1) is 10.9. The van der Waals surface area contributed by atoms with Crippen molar-refractivity contribution in [3.05, 3.63) is 39.2 Å². The Labute approximate surface area is 134 Å². The number of hydrogen-bond donors (Lipinski definition) is 1. The summed E-state index contributed by atoms with van der Waals surface area (Å²) >= 11 is 0. The summed E-state index contributed by atoms with van der Waals surface area (Å²) in [5.41, 5.74) is 7.20. The van der Waals surface area contributed by atoms with Crippen LogP contribution in [0.3, 0.4) is 0 Å². The molecule has 1 aromatic heterocycles. The number of halogens is 1. The molecule has 2 heterocycles. The van der Waals surface area contributed by atoms with E-state index in [9.17, 15) is 9.18 Å². The van der Waals surface area contributed by atoms with Gasteiger partial charge in [0.1, 0.15) is 17.0 Å². The number of fused-ring (bicyclic) bond motifs is 1. The third-order valence-electron chi connectivity index (χ3n) is 4.61. The van der Waals surface area contributed by atoms with E-state index >= 15 is 0 Å². The van der Waals surface area contributed by atoms with E-state index in [4.69, 9.17) is 10.5 Å². The molecule has 0 saturated carbocycles. The minimum atomic E-state index is -0.504. The lowest BCUT2D eigenvalue weighted by Gasteiger charge is -2.24. The van der Waals surface area contributed by atoms with E-state index < -0.39 is 5.82 Å². The Balaban J connectivity index is 2.33. The molecule has 0 bridgehead atoms. The summed E-state index contributed by atoms with van der Waals surface area (Å²) in [5.74, 6) is 0.336. The largest absolute Gasteiger partial charge is 0.381 e. The Morgan fingerprint density at radius 3 is 2.70 bits per heavy atom. The molecular formula is C17H22FN3O2. The van der Waals surface area contributed by atoms with E-state index in [0.29, 0.717) is 35.7 Å². The van der Waals surface area contributed by atoms with Crippen molar-refractivity contribution in [3.8, 4) is 0 Å². The van der Waals surface area contributed by atoms with Crippen LogP contribution in [-0.4, -0.2) is 22.8 Å². The highest BCUT2D eigenvalue weighted by molar-refractivity contribution is 5.83. The summed E-state index contributed by atoms with van der Waals surface area (Å²) < 4.78 is 21.4. The van der Waals surface area contributed by atoms with Gasteiger partial charge in [0, 0.05) is 32.2 Å². The van der Waals surface area contributed by atoms with Crippen LogP contribution >= 0.6 is 0 Å². The molecule has 0 unspecified atom stereocenters. The number of benzene rings is 1. The summed E-state index contributed by atoms with van der Waals surface area (Å²) in [6.45, 7) is 4.77. The number of aromatic nitrogens is 2. The van der Waals surface area contributed by atoms with Crippen molar-refractivity contribution in [1.29, 1.82) is 0 Å². The highest BCUT2D eigenvalue weighted by Gasteiger charge is 2.24. The molecule has 5 nitrogen and oxygen atoms in total. The fourth-order valence-electron chi connectivity index (χ4n) is 3.26. The quantitative estimate of drug-likeness (QED) is 0.922. The van der Waals surface area contributed by atoms with Crippen LogP contribution in [0.2, 0.25) is 0 Å². The van der Waals surface area contributed by atoms with E-state index in [2.05, 4.69) is 4.98 Å². The first-order valence-corrected chi connectivity index (χ1v) is 7.94. The molecular weight excluding hydrogens is 297 g/mol. The fraction of sp³-hybridized carbons (Fsp3) is 0.529. The van der Waals surface area contributed by atoms with E-state index in [0.717, 1.165) is 12.8 Å². The molecule has 1 aromatic carbocycles. The van der Waals surface area contributed by atoms with Gasteiger partial charge in [-0.3, -0.25) is 9.36 Å². The zero-order valence-corrected chi connectivity index (χ0v) is 13.7. The third kappa shape index (κ3) is 2.66. The monoisotopic (exact) mass is 319 g/mol. The third-order valence-corrected chi connectivity index (χ3v) is 4.61. The highest BCUT2D eigenvalue weighted by atomic mass is 19.1. The normalized spacial score (nSPS) is 17.6. The van der Waals surface area contributed by atoms with Gasteiger partial charge in [-0.1, -0.05) is 0 Å². The first kappa shape index (κ1) is 16.1. The van der Waals surface area contributed by atoms with Crippen LogP contribution in [0.5, 0.6) is 0 Å². The number of aryl methyl sites for hydroxylation is 1. The van der Waals surface area contributed by atoms with Crippen molar-refractivity contribution in [2.45, 2.75) is 38.6 Å². The van der Waals surface area contributed by atoms with Gasteiger partial charge in [-0.15, -0.1) is 0 Å². The lowest BCUT2D eigenvalue weighted by atomic mass is 9.97. The standard InChI is InChI=1S/C17H22FN3O2/c1-9-8-12(10(2)19)15-13(14(9)18)17(22)21(3)16(20-15)11-4-6-23-7-5-11/h8,10-11H,4-7,19H2,1-3H3/t10-/m1/s1. The van der Waals surface area contributed by atoms with Crippen LogP contribution in [0.15, 0.2) is 10.9 Å². The predicted octanol–water partition coefficient (Wildman–Crippen LogP) is 2.29. The summed E-state index contributed by atoms with van der Waals surface area (Å²) in [6, 6.07) is 1.38. The van der Waals surface area contributed by atoms with Gasteiger partial charge in [0.15, 0.2) is 0 Å². The molecule has 0 radical (unpaired) electrons. The summed E-state index contributed by atoms with van der Waals surface area (Å²) in [6.07, 6.45) is 1.63. The molecule has 1 aliphatic heterocycles. The minimum absolute atomic E-state index is 0.0376. The molecule has 1 fully saturated rings. The number of rotatable bonds is 2. The maximum Gasteiger partial charge on any atom is 0.264 e. The Morgan fingerprint density at radius 2 is 2.09 bits per heavy atom. The number of hydrogen-bond acceptors (Lipinski definition) is 4. The molecule has 2 aromatic rings. The van der Waals surface area contributed by atoms with Crippen molar-refractivity contribution >= 4 is 10.9 Å². The zero-order valence-electron chi connectivity index (χ0n) is 13.7. The van der Waals surface area contributed by atoms with E-state index in [1.807, 2.05) is 6.92 Å². The van der Waals surface area contributed by atoms with Crippen LogP contribution in [0.4, 0.5) is 4.39 Å². The molecule has 2 N–H and O–H groups in total. The van der Waals surface area contributed by atoms with Crippen molar-refractivity contribution in [1.82, 2.24) is 9.55 Å². The van der Waals surface area contributed by atoms with Crippen LogP contribution < -0.4 is 11.3 Å². The molecule has 1 saturated heterocycles. The smallest absolute Gasteiger partial charge is 0.264 e. The second-order valence-electron chi connectivity index (χ2n) is 6.33. The van der Waals surface area contributed by atoms with Crippen LogP contribution in [-0.2, 0) is 11.8 Å². The average molecular weight is 319 g/mol. The van der Waals surface area contributed by atoms with Crippen LogP contribution in [0, 0.1) is 12.7 Å². The van der Waals surface area contributed by atoms with E-state index in [1.165, 1.54) is 4.57 Å². The zero-order chi connectivity index (χ0) is 16.7. The first-order valence-electron chi connectivity index (χ1n) is 7.94. The Morgan fingerprint density at radius 1 is 1.43 bits per heavy atom. The topological polar surface area (TPSA) is 70.1 Å². The van der Waals surface area contributed by atoms with Gasteiger partial charge in [0.2, 0.25) is 0 Å². The Bertz CT molecular complexity index is 808. The molecule has 23 heavy (non-hydrogen) atoms. The summed E-state index contributed by atoms with van der Waals surface area (Å²) in [4.78, 5) is 17.4. The molecule has 6 heteroatoms. The van der Waals surface area contributed by atoms with Crippen molar-refractivity contribution in [3.63, 3.8) is 0 Å². The molecule has 0 aliphatic carbocycles. The number of nitrogens with two attached hydrogens (primary N) is 1. The molecule has 1 aliphatic rings. The Hall–Kier alpha value is -1.79. The van der Waals surface area contributed by atoms with Gasteiger partial charge in [-0.2, -0.15) is 0 Å². The summed E-state index contributed by atoms with van der Waals surface area (Å²) in [7, 11) is 1.66. The van der Waals surface area contributed by atoms with Gasteiger partial charge >= 0.3 is 0 Å². The van der Waals surface area contributed by atoms with Crippen molar-refractivity contribution < 1.29 is 9.13 Å². The molecule has 0 amide bonds. The molecule has 124 valence electrons. The summed E-state index contributed by atoms with van der Waals surface area (Å²) in [5, 5.41) is 0.0376. The van der Waals surface area contributed by atoms with Crippen molar-refractivity contribution in [2.24, 2.45) is 12.8 Å². The number of ether oxygens (including phenoxy) is 1. The second-order valence-corrected chi connectivity index (χ2v) is 6.33. The second kappa shape index (κ2) is 6.02. The fourth-order valence-corrected chi connectivity index (χ4v) is 3.26. The van der Waals surface area contributed by atoms with E-state index in [-0.39, 0.29) is 22.9 Å². The lowest BCUT2D eigenvalue weighted by Crippen LogP contribution is -2.28. The van der Waals surface area contributed by atoms with Crippen LogP contribution in [0.1, 0.15) is 48.7 Å². The highest BCUT2D eigenvalue weighted by Crippen LogP contribution is 2.29. The van der Waals surface area contributed by atoms with Crippen molar-refractivity contribution in [2.75, 3.05) is 13.2 Å². The van der Waals surface area contributed by atoms with E-state index in [1.54, 1.807) is 20.0 Å².